The molecule has 0 heterocycles. The Bertz CT molecular complexity index is 458. The molecule has 2 atom stereocenters. The zero-order valence-corrected chi connectivity index (χ0v) is 12.5. The van der Waals surface area contributed by atoms with E-state index in [9.17, 15) is 0 Å². The molecule has 3 rings (SSSR count). The van der Waals surface area contributed by atoms with Crippen LogP contribution in [0.25, 0.3) is 0 Å². The molecule has 0 N–H and O–H groups in total. The SMILES string of the molecule is COc1ccc2c(c1Cl)CC[C@@]1(C)CCC[C@H]21.Cl. The quantitative estimate of drug-likeness (QED) is 0.707. The molecule has 0 aromatic heterocycles. The van der Waals surface area contributed by atoms with Gasteiger partial charge < -0.3 is 4.74 Å². The fraction of sp³-hybridized carbons (Fsp3) is 0.600. The predicted molar refractivity (Wildman–Crippen MR) is 78.3 cm³/mol. The summed E-state index contributed by atoms with van der Waals surface area (Å²) in [6.45, 7) is 2.45. The molecule has 1 nitrogen and oxygen atoms in total. The topological polar surface area (TPSA) is 9.23 Å². The highest BCUT2D eigenvalue weighted by Crippen LogP contribution is 2.56. The highest BCUT2D eigenvalue weighted by Gasteiger charge is 2.43. The summed E-state index contributed by atoms with van der Waals surface area (Å²) in [6.07, 6.45) is 6.45. The van der Waals surface area contributed by atoms with Crippen LogP contribution in [0.1, 0.15) is 49.7 Å². The predicted octanol–water partition coefficient (Wildman–Crippen LogP) is 4.99. The van der Waals surface area contributed by atoms with Crippen molar-refractivity contribution in [1.29, 1.82) is 0 Å². The third-order valence-electron chi connectivity index (χ3n) is 4.87. The lowest BCUT2D eigenvalue weighted by atomic mass is 9.67. The van der Waals surface area contributed by atoms with Crippen LogP contribution in [0.15, 0.2) is 12.1 Å². The smallest absolute Gasteiger partial charge is 0.137 e. The maximum absolute atomic E-state index is 6.44. The minimum absolute atomic E-state index is 0. The molecule has 2 aliphatic rings. The second-order valence-electron chi connectivity index (χ2n) is 5.75. The average molecular weight is 287 g/mol. The Balaban J connectivity index is 0.00000120. The van der Waals surface area contributed by atoms with Crippen LogP contribution in [0.3, 0.4) is 0 Å². The summed E-state index contributed by atoms with van der Waals surface area (Å²) in [5.41, 5.74) is 3.35. The Labute approximate surface area is 120 Å². The van der Waals surface area contributed by atoms with Crippen LogP contribution in [-0.2, 0) is 6.42 Å². The monoisotopic (exact) mass is 286 g/mol. The zero-order chi connectivity index (χ0) is 12.0. The average Bonchev–Trinajstić information content (AvgIpc) is 2.71. The van der Waals surface area contributed by atoms with Crippen molar-refractivity contribution in [3.63, 3.8) is 0 Å². The molecular weight excluding hydrogens is 267 g/mol. The Hall–Kier alpha value is -0.400. The summed E-state index contributed by atoms with van der Waals surface area (Å²) < 4.78 is 5.32. The van der Waals surface area contributed by atoms with Gasteiger partial charge in [0.05, 0.1) is 12.1 Å². The van der Waals surface area contributed by atoms with Crippen LogP contribution in [-0.4, -0.2) is 7.11 Å². The lowest BCUT2D eigenvalue weighted by Crippen LogP contribution is -2.26. The van der Waals surface area contributed by atoms with Crippen LogP contribution in [0.2, 0.25) is 5.02 Å². The number of methoxy groups -OCH3 is 1. The normalized spacial score (nSPS) is 29.2. The van der Waals surface area contributed by atoms with Gasteiger partial charge in [-0.2, -0.15) is 0 Å². The van der Waals surface area contributed by atoms with Gasteiger partial charge in [0.2, 0.25) is 0 Å². The second-order valence-corrected chi connectivity index (χ2v) is 6.13. The third-order valence-corrected chi connectivity index (χ3v) is 5.28. The number of halogens is 2. The molecule has 1 saturated carbocycles. The molecule has 1 aromatic rings. The van der Waals surface area contributed by atoms with Crippen LogP contribution in [0, 0.1) is 5.41 Å². The van der Waals surface area contributed by atoms with Crippen molar-refractivity contribution in [2.45, 2.75) is 44.9 Å². The van der Waals surface area contributed by atoms with Gasteiger partial charge in [-0.3, -0.25) is 0 Å². The van der Waals surface area contributed by atoms with E-state index in [-0.39, 0.29) is 12.4 Å². The zero-order valence-electron chi connectivity index (χ0n) is 11.0. The molecule has 1 fully saturated rings. The van der Waals surface area contributed by atoms with Crippen LogP contribution < -0.4 is 4.74 Å². The lowest BCUT2D eigenvalue weighted by molar-refractivity contribution is 0.252. The van der Waals surface area contributed by atoms with E-state index in [4.69, 9.17) is 16.3 Å². The molecule has 0 bridgehead atoms. The van der Waals surface area contributed by atoms with Crippen molar-refractivity contribution in [1.82, 2.24) is 0 Å². The van der Waals surface area contributed by atoms with E-state index in [0.29, 0.717) is 5.41 Å². The molecule has 100 valence electrons. The van der Waals surface area contributed by atoms with E-state index >= 15 is 0 Å². The standard InChI is InChI=1S/C15H19ClO.ClH/c1-15-8-3-4-12(15)10-5-6-13(17-2)14(16)11(10)7-9-15;/h5-6,12H,3-4,7-9H2,1-2H3;1H/t12-,15-;/m1./s1. The number of rotatable bonds is 1. The molecule has 0 spiro atoms. The molecule has 0 saturated heterocycles. The summed E-state index contributed by atoms with van der Waals surface area (Å²) in [5.74, 6) is 1.54. The van der Waals surface area contributed by atoms with Crippen LogP contribution in [0.5, 0.6) is 5.75 Å². The van der Waals surface area contributed by atoms with Gasteiger partial charge in [0.1, 0.15) is 5.75 Å². The number of ether oxygens (including phenoxy) is 1. The molecule has 0 radical (unpaired) electrons. The van der Waals surface area contributed by atoms with Gasteiger partial charge in [0.25, 0.3) is 0 Å². The van der Waals surface area contributed by atoms with Crippen molar-refractivity contribution in [3.8, 4) is 5.75 Å². The van der Waals surface area contributed by atoms with Gasteiger partial charge in [-0.05, 0) is 54.2 Å². The van der Waals surface area contributed by atoms with Gasteiger partial charge >= 0.3 is 0 Å². The van der Waals surface area contributed by atoms with Crippen molar-refractivity contribution in [2.24, 2.45) is 5.41 Å². The second kappa shape index (κ2) is 4.94. The summed E-state index contributed by atoms with van der Waals surface area (Å²) in [7, 11) is 1.69. The molecule has 0 aliphatic heterocycles. The third kappa shape index (κ3) is 1.92. The van der Waals surface area contributed by atoms with Crippen molar-refractivity contribution in [3.05, 3.63) is 28.3 Å². The van der Waals surface area contributed by atoms with Gasteiger partial charge in [-0.25, -0.2) is 0 Å². The summed E-state index contributed by atoms with van der Waals surface area (Å²) in [5, 5.41) is 0.846. The molecule has 0 amide bonds. The van der Waals surface area contributed by atoms with E-state index in [1.807, 2.05) is 6.07 Å². The Kier molecular flexibility index (Phi) is 3.85. The first-order valence-corrected chi connectivity index (χ1v) is 6.89. The number of hydrogen-bond acceptors (Lipinski definition) is 1. The first-order chi connectivity index (χ1) is 8.15. The Morgan fingerprint density at radius 2 is 2.11 bits per heavy atom. The van der Waals surface area contributed by atoms with Crippen LogP contribution >= 0.6 is 24.0 Å². The first kappa shape index (κ1) is 14.0. The Morgan fingerprint density at radius 3 is 2.83 bits per heavy atom. The van der Waals surface area contributed by atoms with Gasteiger partial charge in [-0.1, -0.05) is 31.0 Å². The van der Waals surface area contributed by atoms with E-state index in [2.05, 4.69) is 13.0 Å². The fourth-order valence-corrected chi connectivity index (χ4v) is 4.17. The van der Waals surface area contributed by atoms with Crippen LogP contribution in [0.4, 0.5) is 0 Å². The van der Waals surface area contributed by atoms with E-state index in [1.165, 1.54) is 36.8 Å². The maximum atomic E-state index is 6.44. The molecule has 2 aliphatic carbocycles. The molecular formula is C15H20Cl2O. The maximum Gasteiger partial charge on any atom is 0.137 e. The van der Waals surface area contributed by atoms with Gasteiger partial charge in [0, 0.05) is 0 Å². The highest BCUT2D eigenvalue weighted by atomic mass is 35.5. The largest absolute Gasteiger partial charge is 0.495 e. The fourth-order valence-electron chi connectivity index (χ4n) is 3.83. The van der Waals surface area contributed by atoms with Crippen molar-refractivity contribution in [2.75, 3.05) is 7.11 Å². The summed E-state index contributed by atoms with van der Waals surface area (Å²) in [6, 6.07) is 4.28. The Morgan fingerprint density at radius 1 is 1.33 bits per heavy atom. The first-order valence-electron chi connectivity index (χ1n) is 6.51. The van der Waals surface area contributed by atoms with E-state index in [1.54, 1.807) is 7.11 Å². The lowest BCUT2D eigenvalue weighted by Gasteiger charge is -2.38. The minimum atomic E-state index is 0. The van der Waals surface area contributed by atoms with E-state index < -0.39 is 0 Å². The minimum Gasteiger partial charge on any atom is -0.495 e. The molecule has 0 unspecified atom stereocenters. The summed E-state index contributed by atoms with van der Waals surface area (Å²) in [4.78, 5) is 0. The van der Waals surface area contributed by atoms with Gasteiger partial charge in [-0.15, -0.1) is 12.4 Å². The van der Waals surface area contributed by atoms with Crippen molar-refractivity contribution >= 4 is 24.0 Å². The van der Waals surface area contributed by atoms with Crippen molar-refractivity contribution < 1.29 is 4.74 Å². The van der Waals surface area contributed by atoms with Gasteiger partial charge in [0.15, 0.2) is 0 Å². The number of hydrogen-bond donors (Lipinski definition) is 0. The molecule has 1 aromatic carbocycles. The number of fused-ring (bicyclic) bond motifs is 3. The molecule has 18 heavy (non-hydrogen) atoms. The molecule has 3 heteroatoms. The summed E-state index contributed by atoms with van der Waals surface area (Å²) >= 11 is 6.44. The highest BCUT2D eigenvalue weighted by molar-refractivity contribution is 6.33. The number of benzene rings is 1. The van der Waals surface area contributed by atoms with E-state index in [0.717, 1.165) is 23.1 Å².